The zero-order valence-corrected chi connectivity index (χ0v) is 26.3. The number of carbonyl (C=O) groups excluding carboxylic acids is 4. The molecule has 0 radical (unpaired) electrons. The number of rotatable bonds is 13. The highest BCUT2D eigenvalue weighted by atomic mass is 16.3. The van der Waals surface area contributed by atoms with Crippen molar-refractivity contribution in [2.45, 2.75) is 58.2 Å². The lowest BCUT2D eigenvalue weighted by molar-refractivity contribution is -0.133. The zero-order valence-electron chi connectivity index (χ0n) is 26.3. The van der Waals surface area contributed by atoms with Crippen LogP contribution < -0.4 is 16.0 Å². The van der Waals surface area contributed by atoms with Crippen LogP contribution in [0.3, 0.4) is 0 Å². The van der Waals surface area contributed by atoms with Crippen LogP contribution in [0.1, 0.15) is 43.0 Å². The summed E-state index contributed by atoms with van der Waals surface area (Å²) in [5.74, 6) is -2.40. The summed E-state index contributed by atoms with van der Waals surface area (Å²) in [7, 11) is 0. The number of aliphatic hydroxyl groups excluding tert-OH is 1. The Kier molecular flexibility index (Phi) is 10.1. The summed E-state index contributed by atoms with van der Waals surface area (Å²) in [5.41, 5.74) is 6.12. The average Bonchev–Trinajstić information content (AvgIpc) is 3.64. The van der Waals surface area contributed by atoms with Gasteiger partial charge in [0.1, 0.15) is 12.1 Å². The standard InChI is InChI=1S/C37H40N4O5/c1-22(21-42)34(43)32(17-25-11-5-4-6-12-25)40-37(46)33(19-27-20-38-31-16-10-9-15-29(27)31)41-35(44)24(3)39-36(45)30-18-26-13-7-8-14-28(26)23(30)2/h4-16,20,22,24,32-33,38,42H,17-19,21H2,1-3H3,(H,39,45)(H,40,46)(H,41,44)/t22-,24-,32+,33+/m1/s1. The van der Waals surface area contributed by atoms with Gasteiger partial charge in [0.05, 0.1) is 12.6 Å². The quantitative estimate of drug-likeness (QED) is 0.155. The minimum absolute atomic E-state index is 0.142. The van der Waals surface area contributed by atoms with Crippen LogP contribution in [0, 0.1) is 5.92 Å². The van der Waals surface area contributed by atoms with Crippen molar-refractivity contribution < 1.29 is 24.3 Å². The molecule has 1 aliphatic rings. The molecule has 3 amide bonds. The van der Waals surface area contributed by atoms with Crippen molar-refractivity contribution in [1.29, 1.82) is 0 Å². The number of carbonyl (C=O) groups is 4. The molecule has 3 aromatic carbocycles. The van der Waals surface area contributed by atoms with E-state index < -0.39 is 35.9 Å². The first-order valence-electron chi connectivity index (χ1n) is 15.6. The highest BCUT2D eigenvalue weighted by Crippen LogP contribution is 2.32. The van der Waals surface area contributed by atoms with Crippen LogP contribution in [-0.4, -0.2) is 58.3 Å². The number of aromatic nitrogens is 1. The molecule has 0 bridgehead atoms. The topological polar surface area (TPSA) is 140 Å². The first kappa shape index (κ1) is 32.4. The normalized spacial score (nSPS) is 15.0. The summed E-state index contributed by atoms with van der Waals surface area (Å²) < 4.78 is 0. The van der Waals surface area contributed by atoms with Gasteiger partial charge >= 0.3 is 0 Å². The molecule has 5 N–H and O–H groups in total. The molecule has 0 saturated heterocycles. The molecule has 0 saturated carbocycles. The molecule has 1 aromatic heterocycles. The Morgan fingerprint density at radius 3 is 2.22 bits per heavy atom. The number of para-hydroxylation sites is 1. The largest absolute Gasteiger partial charge is 0.396 e. The Labute approximate surface area is 268 Å². The molecule has 0 fully saturated rings. The molecular weight excluding hydrogens is 580 g/mol. The van der Waals surface area contributed by atoms with Gasteiger partial charge < -0.3 is 26.0 Å². The zero-order chi connectivity index (χ0) is 32.8. The lowest BCUT2D eigenvalue weighted by Gasteiger charge is -2.25. The van der Waals surface area contributed by atoms with E-state index in [1.165, 1.54) is 0 Å². The highest BCUT2D eigenvalue weighted by molar-refractivity contribution is 6.05. The monoisotopic (exact) mass is 620 g/mol. The van der Waals surface area contributed by atoms with Crippen LogP contribution in [0.4, 0.5) is 0 Å². The number of hydrogen-bond acceptors (Lipinski definition) is 5. The van der Waals surface area contributed by atoms with Gasteiger partial charge in [-0.25, -0.2) is 0 Å². The number of aliphatic hydroxyl groups is 1. The van der Waals surface area contributed by atoms with E-state index in [0.29, 0.717) is 12.0 Å². The second-order valence-corrected chi connectivity index (χ2v) is 12.0. The van der Waals surface area contributed by atoms with Crippen molar-refractivity contribution in [2.75, 3.05) is 6.61 Å². The maximum absolute atomic E-state index is 13.9. The Morgan fingerprint density at radius 2 is 1.48 bits per heavy atom. The Hall–Kier alpha value is -5.02. The van der Waals surface area contributed by atoms with Crippen LogP contribution in [-0.2, 0) is 38.4 Å². The molecule has 0 spiro atoms. The predicted octanol–water partition coefficient (Wildman–Crippen LogP) is 3.65. The Bertz CT molecular complexity index is 1780. The molecular formula is C37H40N4O5. The summed E-state index contributed by atoms with van der Waals surface area (Å²) in [6.07, 6.45) is 2.66. The lowest BCUT2D eigenvalue weighted by atomic mass is 9.94. The van der Waals surface area contributed by atoms with E-state index in [0.717, 1.165) is 38.7 Å². The van der Waals surface area contributed by atoms with E-state index in [-0.39, 0.29) is 31.1 Å². The van der Waals surface area contributed by atoms with Crippen molar-refractivity contribution in [3.8, 4) is 0 Å². The predicted molar refractivity (Wildman–Crippen MR) is 178 cm³/mol. The molecule has 0 aliphatic heterocycles. The van der Waals surface area contributed by atoms with Crippen molar-refractivity contribution in [2.24, 2.45) is 5.92 Å². The summed E-state index contributed by atoms with van der Waals surface area (Å²) >= 11 is 0. The maximum Gasteiger partial charge on any atom is 0.248 e. The maximum atomic E-state index is 13.9. The van der Waals surface area contributed by atoms with Gasteiger partial charge in [0, 0.05) is 41.4 Å². The molecule has 5 rings (SSSR count). The van der Waals surface area contributed by atoms with Crippen molar-refractivity contribution >= 4 is 40.0 Å². The number of allylic oxidation sites excluding steroid dienone is 1. The molecule has 1 aliphatic carbocycles. The van der Waals surface area contributed by atoms with Gasteiger partial charge in [-0.15, -0.1) is 0 Å². The van der Waals surface area contributed by atoms with Gasteiger partial charge in [-0.05, 0) is 54.2 Å². The number of fused-ring (bicyclic) bond motifs is 2. The Balaban J connectivity index is 1.35. The van der Waals surface area contributed by atoms with E-state index >= 15 is 0 Å². The number of amides is 3. The second-order valence-electron chi connectivity index (χ2n) is 12.0. The summed E-state index contributed by atoms with van der Waals surface area (Å²) in [4.78, 5) is 57.2. The molecule has 4 atom stereocenters. The molecule has 4 aromatic rings. The number of aromatic amines is 1. The van der Waals surface area contributed by atoms with Gasteiger partial charge in [0.25, 0.3) is 0 Å². The van der Waals surface area contributed by atoms with Crippen molar-refractivity contribution in [3.63, 3.8) is 0 Å². The number of hydrogen-bond donors (Lipinski definition) is 5. The van der Waals surface area contributed by atoms with Crippen LogP contribution in [0.25, 0.3) is 16.5 Å². The second kappa shape index (κ2) is 14.4. The first-order chi connectivity index (χ1) is 22.2. The molecule has 46 heavy (non-hydrogen) atoms. The van der Waals surface area contributed by atoms with Gasteiger partial charge in [-0.3, -0.25) is 19.2 Å². The van der Waals surface area contributed by atoms with Gasteiger partial charge in [-0.1, -0.05) is 79.7 Å². The third kappa shape index (κ3) is 7.26. The van der Waals surface area contributed by atoms with Crippen molar-refractivity contribution in [1.82, 2.24) is 20.9 Å². The van der Waals surface area contributed by atoms with E-state index in [1.54, 1.807) is 20.0 Å². The van der Waals surface area contributed by atoms with E-state index in [4.69, 9.17) is 0 Å². The van der Waals surface area contributed by atoms with E-state index in [1.807, 2.05) is 85.8 Å². The SMILES string of the molecule is CC1=C(C(=O)N[C@H](C)C(=O)N[C@@H](Cc2c[nH]c3ccccc23)C(=O)N[C@@H](Cc2ccccc2)C(=O)[C@H](C)CO)Cc2ccccc21. The number of H-pyrrole nitrogens is 1. The molecule has 238 valence electrons. The molecule has 0 unspecified atom stereocenters. The minimum Gasteiger partial charge on any atom is -0.396 e. The van der Waals surface area contributed by atoms with Crippen molar-refractivity contribution in [3.05, 3.63) is 113 Å². The number of nitrogens with one attached hydrogen (secondary N) is 4. The first-order valence-corrected chi connectivity index (χ1v) is 15.6. The van der Waals surface area contributed by atoms with Gasteiger partial charge in [0.2, 0.25) is 17.7 Å². The van der Waals surface area contributed by atoms with Gasteiger partial charge in [-0.2, -0.15) is 0 Å². The van der Waals surface area contributed by atoms with Gasteiger partial charge in [0.15, 0.2) is 5.78 Å². The summed E-state index contributed by atoms with van der Waals surface area (Å²) in [6.45, 7) is 4.74. The summed E-state index contributed by atoms with van der Waals surface area (Å²) in [6, 6.07) is 21.9. The van der Waals surface area contributed by atoms with Crippen LogP contribution in [0.2, 0.25) is 0 Å². The fourth-order valence-corrected chi connectivity index (χ4v) is 5.93. The summed E-state index contributed by atoms with van der Waals surface area (Å²) in [5, 5.41) is 19.1. The van der Waals surface area contributed by atoms with Crippen LogP contribution in [0.15, 0.2) is 90.6 Å². The Morgan fingerprint density at radius 1 is 0.804 bits per heavy atom. The minimum atomic E-state index is -1.06. The number of Topliss-reactive ketones (excluding diaryl/α,β-unsaturated/α-hetero) is 1. The fourth-order valence-electron chi connectivity index (χ4n) is 5.93. The molecule has 9 heteroatoms. The third-order valence-corrected chi connectivity index (χ3v) is 8.69. The average molecular weight is 621 g/mol. The number of ketones is 1. The number of benzene rings is 3. The third-order valence-electron chi connectivity index (χ3n) is 8.69. The lowest BCUT2D eigenvalue weighted by Crippen LogP contribution is -2.56. The van der Waals surface area contributed by atoms with Crippen LogP contribution in [0.5, 0.6) is 0 Å². The molecule has 9 nitrogen and oxygen atoms in total. The van der Waals surface area contributed by atoms with E-state index in [9.17, 15) is 24.3 Å². The highest BCUT2D eigenvalue weighted by Gasteiger charge is 2.32. The van der Waals surface area contributed by atoms with E-state index in [2.05, 4.69) is 20.9 Å². The fraction of sp³-hybridized carbons (Fsp3) is 0.297. The molecule has 1 heterocycles. The smallest absolute Gasteiger partial charge is 0.248 e. The van der Waals surface area contributed by atoms with Crippen LogP contribution >= 0.6 is 0 Å².